The third kappa shape index (κ3) is 4.67. The third-order valence-corrected chi connectivity index (χ3v) is 3.98. The maximum atomic E-state index is 13.1. The molecule has 7 heteroatoms. The number of halogens is 1. The second-order valence-electron chi connectivity index (χ2n) is 3.84. The van der Waals surface area contributed by atoms with Gasteiger partial charge in [-0.2, -0.15) is 5.26 Å². The molecule has 0 aliphatic heterocycles. The van der Waals surface area contributed by atoms with E-state index < -0.39 is 21.6 Å². The van der Waals surface area contributed by atoms with Crippen molar-refractivity contribution >= 4 is 15.8 Å². The van der Waals surface area contributed by atoms with Crippen molar-refractivity contribution in [2.75, 3.05) is 12.9 Å². The minimum atomic E-state index is -3.51. The summed E-state index contributed by atoms with van der Waals surface area (Å²) in [6.45, 7) is 0. The number of methoxy groups -OCH3 is 1. The van der Waals surface area contributed by atoms with Crippen molar-refractivity contribution in [1.82, 2.24) is 0 Å². The molecule has 0 atom stereocenters. The van der Waals surface area contributed by atoms with Crippen molar-refractivity contribution in [3.05, 3.63) is 35.1 Å². The minimum Gasteiger partial charge on any atom is -0.469 e. The van der Waals surface area contributed by atoms with E-state index in [0.29, 0.717) is 5.56 Å². The lowest BCUT2D eigenvalue weighted by molar-refractivity contribution is -0.140. The standard InChI is InChI=1S/C12H12FNO4S/c1-18-12(15)4-5-19(16,17)8-9-2-3-11(13)10(6-9)7-14/h2-3,6H,4-5,8H2,1H3. The Kier molecular flexibility index (Phi) is 5.01. The van der Waals surface area contributed by atoms with Crippen molar-refractivity contribution in [2.24, 2.45) is 0 Å². The molecule has 0 spiro atoms. The summed E-state index contributed by atoms with van der Waals surface area (Å²) in [6, 6.07) is 5.17. The second-order valence-corrected chi connectivity index (χ2v) is 6.03. The molecule has 0 aliphatic rings. The van der Waals surface area contributed by atoms with E-state index in [2.05, 4.69) is 4.74 Å². The van der Waals surface area contributed by atoms with E-state index in [-0.39, 0.29) is 23.5 Å². The number of hydrogen-bond donors (Lipinski definition) is 0. The van der Waals surface area contributed by atoms with Crippen molar-refractivity contribution in [1.29, 1.82) is 5.26 Å². The molecule has 1 aromatic carbocycles. The van der Waals surface area contributed by atoms with E-state index in [0.717, 1.165) is 6.07 Å². The fraction of sp³-hybridized carbons (Fsp3) is 0.333. The second kappa shape index (κ2) is 6.29. The van der Waals surface area contributed by atoms with Gasteiger partial charge in [-0.15, -0.1) is 0 Å². The van der Waals surface area contributed by atoms with Gasteiger partial charge < -0.3 is 4.74 Å². The number of sulfone groups is 1. The molecule has 1 aromatic rings. The predicted octanol–water partition coefficient (Wildman–Crippen LogP) is 1.18. The van der Waals surface area contributed by atoms with Crippen LogP contribution in [0, 0.1) is 17.1 Å². The molecule has 0 amide bonds. The quantitative estimate of drug-likeness (QED) is 0.758. The molecule has 0 N–H and O–H groups in total. The summed E-state index contributed by atoms with van der Waals surface area (Å²) in [5.74, 6) is -2.00. The number of ether oxygens (including phenoxy) is 1. The van der Waals surface area contributed by atoms with Crippen LogP contribution in [-0.4, -0.2) is 27.2 Å². The fourth-order valence-corrected chi connectivity index (χ4v) is 2.72. The van der Waals surface area contributed by atoms with Crippen LogP contribution in [0.4, 0.5) is 4.39 Å². The van der Waals surface area contributed by atoms with Crippen molar-refractivity contribution in [3.63, 3.8) is 0 Å². The van der Waals surface area contributed by atoms with Gasteiger partial charge in [0.25, 0.3) is 0 Å². The first-order chi connectivity index (χ1) is 8.88. The number of nitriles is 1. The number of esters is 1. The Morgan fingerprint density at radius 3 is 2.74 bits per heavy atom. The first-order valence-electron chi connectivity index (χ1n) is 5.33. The van der Waals surface area contributed by atoms with Gasteiger partial charge in [-0.25, -0.2) is 12.8 Å². The summed E-state index contributed by atoms with van der Waals surface area (Å²) in [6.07, 6.45) is -0.231. The summed E-state index contributed by atoms with van der Waals surface area (Å²) in [5.41, 5.74) is 0.100. The number of carbonyl (C=O) groups excluding carboxylic acids is 1. The van der Waals surface area contributed by atoms with Gasteiger partial charge in [0.05, 0.1) is 30.6 Å². The SMILES string of the molecule is COC(=O)CCS(=O)(=O)Cc1ccc(F)c(C#N)c1. The van der Waals surface area contributed by atoms with Gasteiger partial charge in [0.2, 0.25) is 0 Å². The van der Waals surface area contributed by atoms with Crippen LogP contribution in [0.5, 0.6) is 0 Å². The van der Waals surface area contributed by atoms with Gasteiger partial charge in [-0.05, 0) is 17.7 Å². The normalized spacial score (nSPS) is 10.8. The number of nitrogens with zero attached hydrogens (tertiary/aromatic N) is 1. The lowest BCUT2D eigenvalue weighted by Crippen LogP contribution is -2.14. The zero-order chi connectivity index (χ0) is 14.5. The van der Waals surface area contributed by atoms with Crippen molar-refractivity contribution in [3.8, 4) is 6.07 Å². The number of carbonyl (C=O) groups is 1. The van der Waals surface area contributed by atoms with Crippen LogP contribution >= 0.6 is 0 Å². The Bertz CT molecular complexity index is 619. The Labute approximate surface area is 110 Å². The molecular weight excluding hydrogens is 273 g/mol. The highest BCUT2D eigenvalue weighted by atomic mass is 32.2. The lowest BCUT2D eigenvalue weighted by atomic mass is 10.1. The molecule has 0 aromatic heterocycles. The van der Waals surface area contributed by atoms with Crippen LogP contribution < -0.4 is 0 Å². The monoisotopic (exact) mass is 285 g/mol. The van der Waals surface area contributed by atoms with E-state index >= 15 is 0 Å². The molecule has 0 bridgehead atoms. The zero-order valence-electron chi connectivity index (χ0n) is 10.2. The first-order valence-corrected chi connectivity index (χ1v) is 7.16. The molecule has 0 heterocycles. The van der Waals surface area contributed by atoms with Crippen molar-refractivity contribution in [2.45, 2.75) is 12.2 Å². The Balaban J connectivity index is 2.79. The molecule has 5 nitrogen and oxygen atoms in total. The molecule has 0 saturated carbocycles. The molecule has 0 fully saturated rings. The van der Waals surface area contributed by atoms with Crippen molar-refractivity contribution < 1.29 is 22.3 Å². The maximum Gasteiger partial charge on any atom is 0.306 e. The molecule has 0 aliphatic carbocycles. The molecule has 0 saturated heterocycles. The molecule has 102 valence electrons. The highest BCUT2D eigenvalue weighted by Crippen LogP contribution is 2.13. The molecule has 1 rings (SSSR count). The average Bonchev–Trinajstić information content (AvgIpc) is 2.38. The summed E-state index contributed by atoms with van der Waals surface area (Å²) >= 11 is 0. The highest BCUT2D eigenvalue weighted by molar-refractivity contribution is 7.90. The van der Waals surface area contributed by atoms with Crippen LogP contribution in [-0.2, 0) is 25.1 Å². The average molecular weight is 285 g/mol. The smallest absolute Gasteiger partial charge is 0.306 e. The maximum absolute atomic E-state index is 13.1. The van der Waals surface area contributed by atoms with Gasteiger partial charge in [-0.3, -0.25) is 4.79 Å². The number of hydrogen-bond acceptors (Lipinski definition) is 5. The van der Waals surface area contributed by atoms with E-state index in [1.165, 1.54) is 19.2 Å². The van der Waals surface area contributed by atoms with E-state index in [4.69, 9.17) is 5.26 Å². The van der Waals surface area contributed by atoms with Crippen LogP contribution in [0.25, 0.3) is 0 Å². The molecule has 19 heavy (non-hydrogen) atoms. The van der Waals surface area contributed by atoms with Gasteiger partial charge in [-0.1, -0.05) is 6.07 Å². The Morgan fingerprint density at radius 2 is 2.16 bits per heavy atom. The number of benzene rings is 1. The van der Waals surface area contributed by atoms with Gasteiger partial charge in [0.15, 0.2) is 9.84 Å². The molecule has 0 unspecified atom stereocenters. The topological polar surface area (TPSA) is 84.2 Å². The fourth-order valence-electron chi connectivity index (χ4n) is 1.41. The van der Waals surface area contributed by atoms with E-state index in [9.17, 15) is 17.6 Å². The molecular formula is C12H12FNO4S. The zero-order valence-corrected chi connectivity index (χ0v) is 11.0. The summed E-state index contributed by atoms with van der Waals surface area (Å²) in [7, 11) is -2.34. The van der Waals surface area contributed by atoms with Crippen LogP contribution in [0.2, 0.25) is 0 Å². The van der Waals surface area contributed by atoms with Gasteiger partial charge in [0.1, 0.15) is 11.9 Å². The van der Waals surface area contributed by atoms with Gasteiger partial charge >= 0.3 is 5.97 Å². The molecule has 0 radical (unpaired) electrons. The minimum absolute atomic E-state index is 0.208. The van der Waals surface area contributed by atoms with E-state index in [1.54, 1.807) is 6.07 Å². The largest absolute Gasteiger partial charge is 0.469 e. The van der Waals surface area contributed by atoms with E-state index in [1.807, 2.05) is 0 Å². The third-order valence-electron chi connectivity index (χ3n) is 2.38. The van der Waals surface area contributed by atoms with Crippen LogP contribution in [0.3, 0.4) is 0 Å². The summed E-state index contributed by atoms with van der Waals surface area (Å²) in [5, 5.41) is 8.65. The summed E-state index contributed by atoms with van der Waals surface area (Å²) < 4.78 is 40.9. The lowest BCUT2D eigenvalue weighted by Gasteiger charge is -2.04. The van der Waals surface area contributed by atoms with Crippen LogP contribution in [0.1, 0.15) is 17.5 Å². The predicted molar refractivity (Wildman–Crippen MR) is 65.2 cm³/mol. The number of rotatable bonds is 5. The Morgan fingerprint density at radius 1 is 1.47 bits per heavy atom. The first kappa shape index (κ1) is 15.1. The van der Waals surface area contributed by atoms with Crippen LogP contribution in [0.15, 0.2) is 18.2 Å². The van der Waals surface area contributed by atoms with Gasteiger partial charge in [0, 0.05) is 0 Å². The Hall–Kier alpha value is -1.94. The summed E-state index contributed by atoms with van der Waals surface area (Å²) in [4.78, 5) is 10.9. The highest BCUT2D eigenvalue weighted by Gasteiger charge is 2.15.